The van der Waals surface area contributed by atoms with Crippen LogP contribution in [0.4, 0.5) is 15.8 Å². The molecule has 2 aliphatic heterocycles. The van der Waals surface area contributed by atoms with Crippen LogP contribution in [0.15, 0.2) is 99.2 Å². The Morgan fingerprint density at radius 3 is 1.96 bits per heavy atom. The summed E-state index contributed by atoms with van der Waals surface area (Å²) in [5.74, 6) is 0.321. The van der Waals surface area contributed by atoms with E-state index in [1.54, 1.807) is 33.9 Å². The van der Waals surface area contributed by atoms with Gasteiger partial charge in [-0.15, -0.1) is 0 Å². The summed E-state index contributed by atoms with van der Waals surface area (Å²) in [7, 11) is 0. The van der Waals surface area contributed by atoms with Crippen molar-refractivity contribution >= 4 is 33.8 Å². The third-order valence-electron chi connectivity index (χ3n) is 9.76. The summed E-state index contributed by atoms with van der Waals surface area (Å²) in [5, 5.41) is 6.75. The van der Waals surface area contributed by atoms with Crippen LogP contribution in [0.3, 0.4) is 0 Å². The number of piperazine rings is 2. The fourth-order valence-electron chi connectivity index (χ4n) is 6.90. The molecule has 5 aromatic heterocycles. The van der Waals surface area contributed by atoms with Crippen molar-refractivity contribution in [3.05, 3.63) is 123 Å². The number of fused-ring (bicyclic) bond motifs is 3. The van der Waals surface area contributed by atoms with E-state index in [4.69, 9.17) is 9.40 Å². The Hall–Kier alpha value is -5.92. The van der Waals surface area contributed by atoms with E-state index in [1.807, 2.05) is 61.8 Å². The second-order valence-corrected chi connectivity index (χ2v) is 13.6. The third-order valence-corrected chi connectivity index (χ3v) is 9.76. The Kier molecular flexibility index (Phi) is 9.19. The monoisotopic (exact) mass is 713 g/mol. The number of oxazole rings is 1. The molecular weight excluding hydrogens is 673 g/mol. The molecule has 0 spiro atoms. The zero-order valence-corrected chi connectivity index (χ0v) is 29.8. The SMILES string of the molecule is Cc1ccc(-c2cc(=O)n3cc(N4CCNCC4)ccc3n2)cc1F.Cc1nc2cc(-c3cc(=O)n4cc(N5CCN[C@@H](C)C5)ccc4n3)ccc2o1. The molecular formula is C40H40FN9O3. The first-order valence-corrected chi connectivity index (χ1v) is 17.8. The van der Waals surface area contributed by atoms with Crippen LogP contribution in [0.1, 0.15) is 18.4 Å². The molecule has 1 atom stereocenters. The van der Waals surface area contributed by atoms with Gasteiger partial charge in [0.2, 0.25) is 0 Å². The molecule has 0 saturated carbocycles. The summed E-state index contributed by atoms with van der Waals surface area (Å²) in [6, 6.07) is 21.8. The summed E-state index contributed by atoms with van der Waals surface area (Å²) in [5.41, 5.74) is 7.61. The average molecular weight is 714 g/mol. The molecule has 7 aromatic rings. The lowest BCUT2D eigenvalue weighted by atomic mass is 10.1. The lowest BCUT2D eigenvalue weighted by molar-refractivity contribution is 0.484. The molecule has 53 heavy (non-hydrogen) atoms. The molecule has 2 saturated heterocycles. The highest BCUT2D eigenvalue weighted by atomic mass is 19.1. The van der Waals surface area contributed by atoms with Gasteiger partial charge in [-0.1, -0.05) is 12.1 Å². The van der Waals surface area contributed by atoms with Crippen molar-refractivity contribution in [2.45, 2.75) is 26.8 Å². The number of hydrogen-bond acceptors (Lipinski definition) is 10. The van der Waals surface area contributed by atoms with Gasteiger partial charge in [0.25, 0.3) is 11.1 Å². The average Bonchev–Trinajstić information content (AvgIpc) is 3.55. The number of anilines is 2. The normalized spacial score (nSPS) is 16.3. The maximum atomic E-state index is 13.8. The lowest BCUT2D eigenvalue weighted by Gasteiger charge is -2.33. The van der Waals surface area contributed by atoms with Crippen molar-refractivity contribution in [1.29, 1.82) is 0 Å². The first-order chi connectivity index (χ1) is 25.7. The lowest BCUT2D eigenvalue weighted by Crippen LogP contribution is -2.49. The van der Waals surface area contributed by atoms with Crippen LogP contribution in [0.2, 0.25) is 0 Å². The van der Waals surface area contributed by atoms with Crippen molar-refractivity contribution in [3.63, 3.8) is 0 Å². The summed E-state index contributed by atoms with van der Waals surface area (Å²) in [6.45, 7) is 12.2. The van der Waals surface area contributed by atoms with Gasteiger partial charge >= 0.3 is 0 Å². The second-order valence-electron chi connectivity index (χ2n) is 13.6. The highest BCUT2D eigenvalue weighted by Crippen LogP contribution is 2.25. The maximum Gasteiger partial charge on any atom is 0.258 e. The Morgan fingerprint density at radius 2 is 1.32 bits per heavy atom. The minimum atomic E-state index is -0.298. The van der Waals surface area contributed by atoms with Crippen LogP contribution in [0.25, 0.3) is 44.9 Å². The first-order valence-electron chi connectivity index (χ1n) is 17.8. The van der Waals surface area contributed by atoms with Gasteiger partial charge in [0.05, 0.1) is 22.8 Å². The van der Waals surface area contributed by atoms with Gasteiger partial charge in [-0.2, -0.15) is 0 Å². The van der Waals surface area contributed by atoms with E-state index >= 15 is 0 Å². The van der Waals surface area contributed by atoms with Crippen LogP contribution in [-0.2, 0) is 0 Å². The number of pyridine rings is 2. The second kappa shape index (κ2) is 14.2. The van der Waals surface area contributed by atoms with E-state index < -0.39 is 0 Å². The number of nitrogens with one attached hydrogen (secondary N) is 2. The topological polar surface area (TPSA) is 125 Å². The van der Waals surface area contributed by atoms with Gasteiger partial charge in [-0.05, 0) is 67.9 Å². The summed E-state index contributed by atoms with van der Waals surface area (Å²) < 4.78 is 22.5. The summed E-state index contributed by atoms with van der Waals surface area (Å²) in [6.07, 6.45) is 3.71. The minimum Gasteiger partial charge on any atom is -0.441 e. The first kappa shape index (κ1) is 34.2. The molecule has 2 fully saturated rings. The van der Waals surface area contributed by atoms with Crippen LogP contribution in [0.5, 0.6) is 0 Å². The van der Waals surface area contributed by atoms with E-state index in [1.165, 1.54) is 12.1 Å². The fraction of sp³-hybridized carbons (Fsp3) is 0.275. The number of benzene rings is 2. The third kappa shape index (κ3) is 7.13. The number of aryl methyl sites for hydroxylation is 2. The van der Waals surface area contributed by atoms with E-state index in [-0.39, 0.29) is 16.9 Å². The number of nitrogens with zero attached hydrogens (tertiary/aromatic N) is 7. The van der Waals surface area contributed by atoms with Gasteiger partial charge in [-0.3, -0.25) is 18.4 Å². The number of rotatable bonds is 4. The minimum absolute atomic E-state index is 0.0959. The highest BCUT2D eigenvalue weighted by molar-refractivity contribution is 5.79. The van der Waals surface area contributed by atoms with E-state index in [9.17, 15) is 14.0 Å². The van der Waals surface area contributed by atoms with Crippen molar-refractivity contribution in [2.75, 3.05) is 55.6 Å². The Bertz CT molecular complexity index is 2590. The molecule has 13 heteroatoms. The van der Waals surface area contributed by atoms with E-state index in [0.717, 1.165) is 73.9 Å². The van der Waals surface area contributed by atoms with Crippen molar-refractivity contribution in [2.24, 2.45) is 0 Å². The molecule has 2 N–H and O–H groups in total. The molecule has 0 amide bonds. The summed E-state index contributed by atoms with van der Waals surface area (Å²) in [4.78, 5) is 43.5. The Balaban J connectivity index is 0.000000152. The number of hydrogen-bond donors (Lipinski definition) is 2. The zero-order valence-electron chi connectivity index (χ0n) is 29.8. The molecule has 12 nitrogen and oxygen atoms in total. The molecule has 0 radical (unpaired) electrons. The smallest absolute Gasteiger partial charge is 0.258 e. The summed E-state index contributed by atoms with van der Waals surface area (Å²) >= 11 is 0. The molecule has 9 rings (SSSR count). The van der Waals surface area contributed by atoms with Crippen LogP contribution in [0, 0.1) is 19.7 Å². The Labute approximate surface area is 304 Å². The predicted molar refractivity (Wildman–Crippen MR) is 206 cm³/mol. The van der Waals surface area contributed by atoms with Crippen molar-refractivity contribution in [1.82, 2.24) is 34.4 Å². The van der Waals surface area contributed by atoms with Gasteiger partial charge in [0.15, 0.2) is 11.5 Å². The highest BCUT2D eigenvalue weighted by Gasteiger charge is 2.17. The fourth-order valence-corrected chi connectivity index (χ4v) is 6.90. The largest absolute Gasteiger partial charge is 0.441 e. The molecule has 0 aliphatic carbocycles. The van der Waals surface area contributed by atoms with Gasteiger partial charge in [-0.25, -0.2) is 19.3 Å². The Morgan fingerprint density at radius 1 is 0.717 bits per heavy atom. The predicted octanol–water partition coefficient (Wildman–Crippen LogP) is 4.83. The number of halogens is 1. The standard InChI is InChI=1S/C21H21N5O2.C19H19FN4O/c1-13-11-25(8-7-22-13)16-4-6-20-24-17(10-21(27)26(20)12-16)15-3-5-19-18(9-15)23-14(2)28-19;1-13-2-3-14(10-16(13)20)17-11-19(25)24-12-15(4-5-18(24)22-17)23-8-6-21-7-9-23/h3-6,9-10,12-13,22H,7-8,11H2,1-2H3;2-5,10-12,21H,6-9H2,1H3/t13-;/m0./s1. The molecule has 2 aliphatic rings. The van der Waals surface area contributed by atoms with Gasteiger partial charge < -0.3 is 24.9 Å². The van der Waals surface area contributed by atoms with Crippen molar-refractivity contribution in [3.8, 4) is 22.5 Å². The van der Waals surface area contributed by atoms with E-state index in [2.05, 4.69) is 37.3 Å². The molecule has 7 heterocycles. The van der Waals surface area contributed by atoms with Crippen LogP contribution in [-0.4, -0.2) is 75.6 Å². The van der Waals surface area contributed by atoms with Crippen LogP contribution < -0.4 is 31.6 Å². The number of aromatic nitrogens is 5. The quantitative estimate of drug-likeness (QED) is 0.262. The molecule has 0 bridgehead atoms. The van der Waals surface area contributed by atoms with Gasteiger partial charge in [0.1, 0.15) is 22.6 Å². The molecule has 270 valence electrons. The molecule has 2 aromatic carbocycles. The van der Waals surface area contributed by atoms with E-state index in [0.29, 0.717) is 45.7 Å². The zero-order chi connectivity index (χ0) is 36.6. The van der Waals surface area contributed by atoms with Crippen LogP contribution >= 0.6 is 0 Å². The van der Waals surface area contributed by atoms with Crippen molar-refractivity contribution < 1.29 is 8.81 Å². The van der Waals surface area contributed by atoms with Gasteiger partial charge in [0, 0.05) is 94.4 Å². The molecule has 0 unspecified atom stereocenters. The maximum absolute atomic E-state index is 13.8.